The van der Waals surface area contributed by atoms with Crippen molar-refractivity contribution in [1.82, 2.24) is 5.32 Å². The lowest BCUT2D eigenvalue weighted by atomic mass is 10.2. The van der Waals surface area contributed by atoms with Crippen LogP contribution in [0.25, 0.3) is 0 Å². The number of nitrogens with one attached hydrogen (secondary N) is 1. The molecule has 1 aliphatic heterocycles. The molecule has 18 heavy (non-hydrogen) atoms. The summed E-state index contributed by atoms with van der Waals surface area (Å²) in [6.07, 6.45) is 0.137. The molecular weight excluding hydrogens is 230 g/mol. The van der Waals surface area contributed by atoms with E-state index in [1.165, 1.54) is 5.56 Å². The van der Waals surface area contributed by atoms with Crippen LogP contribution in [0, 0.1) is 0 Å². The predicted molar refractivity (Wildman–Crippen MR) is 69.6 cm³/mol. The lowest BCUT2D eigenvalue weighted by Gasteiger charge is -2.17. The second kappa shape index (κ2) is 5.69. The molecule has 1 saturated heterocycles. The summed E-state index contributed by atoms with van der Waals surface area (Å²) in [4.78, 5) is 0. The van der Waals surface area contributed by atoms with E-state index in [0.29, 0.717) is 6.61 Å². The fourth-order valence-electron chi connectivity index (χ4n) is 1.98. The van der Waals surface area contributed by atoms with Crippen LogP contribution >= 0.6 is 0 Å². The molecule has 1 aromatic carbocycles. The van der Waals surface area contributed by atoms with E-state index in [9.17, 15) is 0 Å². The van der Waals surface area contributed by atoms with Gasteiger partial charge in [-0.15, -0.1) is 0 Å². The zero-order valence-corrected chi connectivity index (χ0v) is 11.2. The Morgan fingerprint density at radius 2 is 2.06 bits per heavy atom. The highest BCUT2D eigenvalue weighted by atomic mass is 16.7. The zero-order valence-electron chi connectivity index (χ0n) is 11.2. The average Bonchev–Trinajstić information content (AvgIpc) is 2.70. The van der Waals surface area contributed by atoms with Gasteiger partial charge < -0.3 is 19.5 Å². The molecule has 4 nitrogen and oxygen atoms in total. The summed E-state index contributed by atoms with van der Waals surface area (Å²) in [6.45, 7) is 6.16. The Bertz CT molecular complexity index is 375. The number of hydrogen-bond donors (Lipinski definition) is 1. The molecular formula is C14H21NO3. The van der Waals surface area contributed by atoms with Gasteiger partial charge in [-0.1, -0.05) is 12.1 Å². The highest BCUT2D eigenvalue weighted by Crippen LogP contribution is 2.21. The van der Waals surface area contributed by atoms with Gasteiger partial charge in [0.05, 0.1) is 19.8 Å². The van der Waals surface area contributed by atoms with Gasteiger partial charge >= 0.3 is 0 Å². The van der Waals surface area contributed by atoms with Crippen LogP contribution in [0.3, 0.4) is 0 Å². The molecule has 0 radical (unpaired) electrons. The summed E-state index contributed by atoms with van der Waals surface area (Å²) in [5, 5.41) is 3.37. The molecule has 1 heterocycles. The maximum Gasteiger partial charge on any atom is 0.163 e. The van der Waals surface area contributed by atoms with Crippen LogP contribution < -0.4 is 10.1 Å². The molecule has 1 N–H and O–H groups in total. The molecule has 1 aliphatic rings. The minimum absolute atomic E-state index is 0.137. The molecule has 0 aliphatic carbocycles. The van der Waals surface area contributed by atoms with E-state index in [0.717, 1.165) is 18.8 Å². The van der Waals surface area contributed by atoms with E-state index in [1.54, 1.807) is 7.11 Å². The van der Waals surface area contributed by atoms with Crippen LogP contribution in [-0.4, -0.2) is 32.2 Å². The van der Waals surface area contributed by atoms with Crippen LogP contribution in [0.4, 0.5) is 0 Å². The molecule has 0 saturated carbocycles. The summed E-state index contributed by atoms with van der Waals surface area (Å²) in [7, 11) is 1.67. The number of rotatable bonds is 5. The van der Waals surface area contributed by atoms with Gasteiger partial charge in [0, 0.05) is 13.1 Å². The fraction of sp³-hybridized carbons (Fsp3) is 0.571. The molecule has 0 aromatic heterocycles. The normalized spacial score (nSPS) is 22.1. The van der Waals surface area contributed by atoms with Crippen LogP contribution in [-0.2, 0) is 16.0 Å². The first-order chi connectivity index (χ1) is 8.59. The number of methoxy groups -OCH3 is 1. The SMILES string of the molecule is COc1ccc(CNC[C@H]2COC(C)(C)O2)cc1. The number of ether oxygens (including phenoxy) is 3. The largest absolute Gasteiger partial charge is 0.497 e. The van der Waals surface area contributed by atoms with E-state index in [2.05, 4.69) is 17.4 Å². The van der Waals surface area contributed by atoms with Gasteiger partial charge in [0.15, 0.2) is 5.79 Å². The summed E-state index contributed by atoms with van der Waals surface area (Å²) < 4.78 is 16.3. The standard InChI is InChI=1S/C14H21NO3/c1-14(2)17-10-13(18-14)9-15-8-11-4-6-12(16-3)7-5-11/h4-7,13,15H,8-10H2,1-3H3/t13-/m0/s1. The molecule has 4 heteroatoms. The molecule has 2 rings (SSSR count). The monoisotopic (exact) mass is 251 g/mol. The van der Waals surface area contributed by atoms with E-state index in [4.69, 9.17) is 14.2 Å². The van der Waals surface area contributed by atoms with Crippen molar-refractivity contribution in [1.29, 1.82) is 0 Å². The van der Waals surface area contributed by atoms with E-state index in [1.807, 2.05) is 26.0 Å². The molecule has 0 amide bonds. The average molecular weight is 251 g/mol. The molecule has 100 valence electrons. The molecule has 0 spiro atoms. The third kappa shape index (κ3) is 3.70. The van der Waals surface area contributed by atoms with Crippen molar-refractivity contribution in [2.75, 3.05) is 20.3 Å². The van der Waals surface area contributed by atoms with Gasteiger partial charge in [-0.2, -0.15) is 0 Å². The Labute approximate surface area is 108 Å². The fourth-order valence-corrected chi connectivity index (χ4v) is 1.98. The quantitative estimate of drug-likeness (QED) is 0.868. The lowest BCUT2D eigenvalue weighted by Crippen LogP contribution is -2.30. The first-order valence-electron chi connectivity index (χ1n) is 6.24. The van der Waals surface area contributed by atoms with Gasteiger partial charge in [0.25, 0.3) is 0 Å². The summed E-state index contributed by atoms with van der Waals surface area (Å²) >= 11 is 0. The first kappa shape index (κ1) is 13.3. The molecule has 1 atom stereocenters. The van der Waals surface area contributed by atoms with Gasteiger partial charge in [-0.05, 0) is 31.5 Å². The van der Waals surface area contributed by atoms with Crippen molar-refractivity contribution < 1.29 is 14.2 Å². The summed E-state index contributed by atoms with van der Waals surface area (Å²) in [5.41, 5.74) is 1.23. The van der Waals surface area contributed by atoms with E-state index in [-0.39, 0.29) is 6.10 Å². The third-order valence-electron chi connectivity index (χ3n) is 2.93. The van der Waals surface area contributed by atoms with Crippen molar-refractivity contribution in [2.24, 2.45) is 0 Å². The second-order valence-electron chi connectivity index (χ2n) is 4.93. The molecule has 1 aromatic rings. The van der Waals surface area contributed by atoms with Crippen LogP contribution in [0.2, 0.25) is 0 Å². The van der Waals surface area contributed by atoms with Crippen molar-refractivity contribution >= 4 is 0 Å². The van der Waals surface area contributed by atoms with Crippen LogP contribution in [0.1, 0.15) is 19.4 Å². The topological polar surface area (TPSA) is 39.7 Å². The Balaban J connectivity index is 1.72. The van der Waals surface area contributed by atoms with E-state index >= 15 is 0 Å². The number of hydrogen-bond acceptors (Lipinski definition) is 4. The Hall–Kier alpha value is -1.10. The predicted octanol–water partition coefficient (Wildman–Crippen LogP) is 1.94. The highest BCUT2D eigenvalue weighted by molar-refractivity contribution is 5.26. The van der Waals surface area contributed by atoms with E-state index < -0.39 is 5.79 Å². The van der Waals surface area contributed by atoms with Crippen molar-refractivity contribution in [3.8, 4) is 5.75 Å². The zero-order chi connectivity index (χ0) is 13.0. The third-order valence-corrected chi connectivity index (χ3v) is 2.93. The molecule has 0 unspecified atom stereocenters. The van der Waals surface area contributed by atoms with Crippen LogP contribution in [0.5, 0.6) is 5.75 Å². The van der Waals surface area contributed by atoms with Crippen LogP contribution in [0.15, 0.2) is 24.3 Å². The van der Waals surface area contributed by atoms with Crippen molar-refractivity contribution in [2.45, 2.75) is 32.3 Å². The first-order valence-corrected chi connectivity index (χ1v) is 6.24. The van der Waals surface area contributed by atoms with Crippen molar-refractivity contribution in [3.63, 3.8) is 0 Å². The summed E-state index contributed by atoms with van der Waals surface area (Å²) in [6, 6.07) is 8.05. The van der Waals surface area contributed by atoms with Crippen molar-refractivity contribution in [3.05, 3.63) is 29.8 Å². The Morgan fingerprint density at radius 3 is 2.61 bits per heavy atom. The minimum atomic E-state index is -0.438. The summed E-state index contributed by atoms with van der Waals surface area (Å²) in [5.74, 6) is 0.444. The van der Waals surface area contributed by atoms with Gasteiger partial charge in [0.1, 0.15) is 5.75 Å². The molecule has 0 bridgehead atoms. The minimum Gasteiger partial charge on any atom is -0.497 e. The Kier molecular flexibility index (Phi) is 4.22. The van der Waals surface area contributed by atoms with Gasteiger partial charge in [-0.25, -0.2) is 0 Å². The Morgan fingerprint density at radius 1 is 1.33 bits per heavy atom. The highest BCUT2D eigenvalue weighted by Gasteiger charge is 2.32. The number of benzene rings is 1. The second-order valence-corrected chi connectivity index (χ2v) is 4.93. The van der Waals surface area contributed by atoms with Gasteiger partial charge in [-0.3, -0.25) is 0 Å². The maximum atomic E-state index is 5.72. The molecule has 1 fully saturated rings. The smallest absolute Gasteiger partial charge is 0.163 e. The maximum absolute atomic E-state index is 5.72. The van der Waals surface area contributed by atoms with Gasteiger partial charge in [0.2, 0.25) is 0 Å². The lowest BCUT2D eigenvalue weighted by molar-refractivity contribution is -0.137.